The summed E-state index contributed by atoms with van der Waals surface area (Å²) < 4.78 is 30.7. The van der Waals surface area contributed by atoms with E-state index in [4.69, 9.17) is 57.4 Å². The van der Waals surface area contributed by atoms with Crippen molar-refractivity contribution in [1.82, 2.24) is 41.2 Å². The van der Waals surface area contributed by atoms with Crippen molar-refractivity contribution in [3.63, 3.8) is 0 Å². The minimum absolute atomic E-state index is 0.0190. The maximum atomic E-state index is 13.4. The Hall–Kier alpha value is -10.1. The van der Waals surface area contributed by atoms with Crippen LogP contribution in [0.5, 0.6) is 23.0 Å². The zero-order chi connectivity index (χ0) is 82.1. The SMILES string of the molecule is CCNC(=O)c1noc(-c2cc(C(C)C)c(C)cc2C)c1-c1ccc2c(c1)CCCC2.CCNC(=O)c1noc(-c2cc(C(C)C)c(O)cc2O)c1-c1ccc2c(c1)CCN(CC)C2.CCNC(=O)c1noc(-c2cc(C(C)C)c(OCc3ccccc3)cc2OCc2ccccc2)c1-c1ccc2c(c1)CCN(CC)C2.ClB(Cl)Cl. The van der Waals surface area contributed by atoms with Gasteiger partial charge in [-0.15, -0.1) is 0 Å². The fourth-order valence-corrected chi connectivity index (χ4v) is 15.3. The molecule has 0 unspecified atom stereocenters. The average molecular weight is 1610 g/mol. The molecule has 3 amide bonds. The van der Waals surface area contributed by atoms with E-state index >= 15 is 0 Å². The third-order valence-corrected chi connectivity index (χ3v) is 21.4. The van der Waals surface area contributed by atoms with E-state index in [0.29, 0.717) is 89.7 Å². The number of hydrogen-bond acceptors (Lipinski definition) is 15. The molecule has 8 aromatic carbocycles. The molecule has 11 aromatic rings. The fraction of sp³-hybridized carbons (Fsp3) is 0.355. The van der Waals surface area contributed by atoms with Crippen LogP contribution in [0.3, 0.4) is 0 Å². The first-order valence-electron chi connectivity index (χ1n) is 40.2. The van der Waals surface area contributed by atoms with Crippen LogP contribution in [0.2, 0.25) is 0 Å². The van der Waals surface area contributed by atoms with Crippen LogP contribution in [-0.2, 0) is 52.0 Å². The summed E-state index contributed by atoms with van der Waals surface area (Å²) in [5.74, 6) is 2.48. The fourth-order valence-electron chi connectivity index (χ4n) is 15.3. The Morgan fingerprint density at radius 3 is 1.27 bits per heavy atom. The van der Waals surface area contributed by atoms with Crippen molar-refractivity contribution >= 4 is 57.1 Å². The van der Waals surface area contributed by atoms with Crippen LogP contribution >= 0.6 is 34.4 Å². The zero-order valence-electron chi connectivity index (χ0n) is 68.3. The van der Waals surface area contributed by atoms with Gasteiger partial charge < -0.3 is 49.2 Å². The van der Waals surface area contributed by atoms with E-state index in [1.807, 2.05) is 95.3 Å². The summed E-state index contributed by atoms with van der Waals surface area (Å²) in [6.45, 7) is 35.0. The normalized spacial score (nSPS) is 13.1. The summed E-state index contributed by atoms with van der Waals surface area (Å²) in [7, 11) is 0. The quantitative estimate of drug-likeness (QED) is 0.0375. The molecule has 0 saturated heterocycles. The number of aromatic nitrogens is 3. The van der Waals surface area contributed by atoms with Gasteiger partial charge in [-0.2, -0.15) is 34.4 Å². The van der Waals surface area contributed by atoms with Crippen molar-refractivity contribution in [2.45, 2.75) is 173 Å². The van der Waals surface area contributed by atoms with Gasteiger partial charge in [-0.1, -0.05) is 192 Å². The van der Waals surface area contributed by atoms with E-state index in [2.05, 4.69) is 175 Å². The summed E-state index contributed by atoms with van der Waals surface area (Å²) in [5.41, 5.74) is 23.0. The second-order valence-electron chi connectivity index (χ2n) is 30.3. The van der Waals surface area contributed by atoms with E-state index in [0.717, 1.165) is 126 Å². The molecule has 0 atom stereocenters. The van der Waals surface area contributed by atoms with Crippen LogP contribution in [0.15, 0.2) is 165 Å². The van der Waals surface area contributed by atoms with Crippen molar-refractivity contribution in [2.75, 3.05) is 45.8 Å². The largest absolute Gasteiger partial charge is 0.508 e. The topological polar surface area (TPSA) is 231 Å². The second kappa shape index (κ2) is 39.9. The number of carbonyl (C=O) groups is 3. The van der Waals surface area contributed by atoms with Gasteiger partial charge >= 0.3 is 4.96 Å². The molecule has 1 aliphatic carbocycles. The van der Waals surface area contributed by atoms with Gasteiger partial charge in [0.25, 0.3) is 17.7 Å². The van der Waals surface area contributed by atoms with E-state index < -0.39 is 4.96 Å². The number of hydrogen-bond donors (Lipinski definition) is 5. The second-order valence-corrected chi connectivity index (χ2v) is 32.3. The maximum absolute atomic E-state index is 13.4. The van der Waals surface area contributed by atoms with Crippen molar-refractivity contribution in [3.8, 4) is 90.3 Å². The molecule has 0 radical (unpaired) electrons. The Kier molecular flexibility index (Phi) is 29.8. The molecule has 602 valence electrons. The lowest BCUT2D eigenvalue weighted by Gasteiger charge is -2.27. The Morgan fingerprint density at radius 2 is 0.835 bits per heavy atom. The van der Waals surface area contributed by atoms with E-state index in [1.54, 1.807) is 6.07 Å². The molecule has 115 heavy (non-hydrogen) atoms. The molecule has 2 aliphatic heterocycles. The lowest BCUT2D eigenvalue weighted by atomic mass is 9.87. The van der Waals surface area contributed by atoms with Gasteiger partial charge in [0.1, 0.15) is 36.2 Å². The first kappa shape index (κ1) is 85.7. The van der Waals surface area contributed by atoms with E-state index in [-0.39, 0.29) is 52.4 Å². The first-order chi connectivity index (χ1) is 55.4. The molecular formula is C93H106BCl3N8O10. The van der Waals surface area contributed by atoms with Crippen molar-refractivity contribution in [2.24, 2.45) is 0 Å². The summed E-state index contributed by atoms with van der Waals surface area (Å²) in [6.07, 6.45) is 6.55. The van der Waals surface area contributed by atoms with Crippen molar-refractivity contribution in [3.05, 3.63) is 241 Å². The molecule has 22 heteroatoms. The number of likely N-dealkylation sites (N-methyl/N-ethyl adjacent to an activating group) is 2. The number of phenolic OH excluding ortho intramolecular Hbond substituents is 2. The maximum Gasteiger partial charge on any atom is 0.450 e. The number of amides is 3. The molecular weight excluding hydrogens is 1510 g/mol. The number of aryl methyl sites for hydroxylation is 4. The lowest BCUT2D eigenvalue weighted by Crippen LogP contribution is -2.30. The Labute approximate surface area is 691 Å². The number of halogens is 3. The van der Waals surface area contributed by atoms with Crippen LogP contribution in [0.4, 0.5) is 0 Å². The third kappa shape index (κ3) is 20.8. The van der Waals surface area contributed by atoms with Gasteiger partial charge in [-0.05, 0) is 211 Å². The predicted molar refractivity (Wildman–Crippen MR) is 462 cm³/mol. The highest BCUT2D eigenvalue weighted by Gasteiger charge is 2.33. The number of rotatable bonds is 23. The Balaban J connectivity index is 0.000000170. The van der Waals surface area contributed by atoms with Crippen LogP contribution in [0.25, 0.3) is 67.4 Å². The Bertz CT molecular complexity index is 5190. The standard InChI is InChI=1S/C40H43N3O4.C27H32N2O2.C26H31N3O4.BCl3/c1-5-41-40(44)38-37(31-17-18-32-24-43(6-2)20-19-30(32)21-31)39(47-42-38)34-22-33(27(3)4)35(45-25-28-13-9-7-10-14-28)23-36(34)46-26-29-15-11-8-12-16-29;1-6-28-27(30)25-24(21-12-11-19-9-7-8-10-20(19)14-21)26(31-29-25)23-15-22(16(2)3)17(4)13-18(23)5;1-5-27-26(32)24-23(17-7-8-18-14-29(6-2)10-9-16(18)11-17)25(33-28-24)20-12-19(15(3)4)21(30)13-22(20)31;2-1(3)4/h7-18,21-23,27H,5-6,19-20,24-26H2,1-4H3,(H,41,44);11-16H,6-10H2,1-5H3,(H,28,30);7-8,11-13,15,30-31H,5-6,9-10,14H2,1-4H3,(H,27,32);. The number of ether oxygens (including phenoxy) is 2. The van der Waals surface area contributed by atoms with Crippen LogP contribution in [-0.4, -0.2) is 104 Å². The number of nitrogens with zero attached hydrogens (tertiary/aromatic N) is 5. The smallest absolute Gasteiger partial charge is 0.450 e. The monoisotopic (exact) mass is 1610 g/mol. The average Bonchev–Trinajstić information content (AvgIpc) is 1.65. The molecule has 14 rings (SSSR count). The van der Waals surface area contributed by atoms with Gasteiger partial charge in [0.2, 0.25) is 0 Å². The van der Waals surface area contributed by atoms with Crippen LogP contribution in [0.1, 0.15) is 211 Å². The third-order valence-electron chi connectivity index (χ3n) is 21.4. The molecule has 5 heterocycles. The number of nitrogens with one attached hydrogen (secondary N) is 3. The molecule has 0 bridgehead atoms. The highest BCUT2D eigenvalue weighted by molar-refractivity contribution is 7.54. The highest BCUT2D eigenvalue weighted by Crippen LogP contribution is 2.48. The van der Waals surface area contributed by atoms with Crippen molar-refractivity contribution < 1.29 is 47.6 Å². The molecule has 0 fully saturated rings. The summed E-state index contributed by atoms with van der Waals surface area (Å²) in [5, 5.41) is 42.3. The summed E-state index contributed by atoms with van der Waals surface area (Å²) in [6, 6.07) is 50.9. The van der Waals surface area contributed by atoms with Gasteiger partial charge in [0.15, 0.2) is 34.4 Å². The van der Waals surface area contributed by atoms with Gasteiger partial charge in [0.05, 0.1) is 27.8 Å². The van der Waals surface area contributed by atoms with E-state index in [9.17, 15) is 24.6 Å². The molecule has 3 aromatic heterocycles. The van der Waals surface area contributed by atoms with Gasteiger partial charge in [0, 0.05) is 63.5 Å². The first-order valence-corrected chi connectivity index (χ1v) is 41.5. The molecule has 0 saturated carbocycles. The van der Waals surface area contributed by atoms with Gasteiger partial charge in [-0.25, -0.2) is 0 Å². The minimum Gasteiger partial charge on any atom is -0.508 e. The highest BCUT2D eigenvalue weighted by atomic mass is 35.6. The van der Waals surface area contributed by atoms with Crippen LogP contribution in [0, 0.1) is 13.8 Å². The van der Waals surface area contributed by atoms with Crippen molar-refractivity contribution in [1.29, 1.82) is 0 Å². The number of carbonyl (C=O) groups excluding carboxylic acids is 3. The predicted octanol–water partition coefficient (Wildman–Crippen LogP) is 21.2. The molecule has 3 aliphatic rings. The summed E-state index contributed by atoms with van der Waals surface area (Å²) >= 11 is 14.4. The van der Waals surface area contributed by atoms with Gasteiger partial charge in [-0.3, -0.25) is 24.2 Å². The number of aromatic hydroxyl groups is 2. The number of fused-ring (bicyclic) bond motifs is 3. The Morgan fingerprint density at radius 1 is 0.443 bits per heavy atom. The van der Waals surface area contributed by atoms with E-state index in [1.165, 1.54) is 63.4 Å². The molecule has 18 nitrogen and oxygen atoms in total. The zero-order valence-corrected chi connectivity index (χ0v) is 70.6. The number of phenols is 2. The minimum atomic E-state index is -0.750. The number of benzene rings is 8. The summed E-state index contributed by atoms with van der Waals surface area (Å²) in [4.78, 5) is 43.2. The molecule has 0 spiro atoms. The lowest BCUT2D eigenvalue weighted by molar-refractivity contribution is 0.0939. The molecule has 5 N–H and O–H groups in total. The van der Waals surface area contributed by atoms with Crippen LogP contribution < -0.4 is 25.4 Å².